The fraction of sp³-hybridized carbons (Fsp3) is 0. The molecule has 3 rings (SSSR count). The average molecular weight is 116 g/mol. The normalized spacial score (nSPS) is 12.0. The maximum Gasteiger partial charge on any atom is 0.100 e. The van der Waals surface area contributed by atoms with Crippen molar-refractivity contribution < 1.29 is 0 Å². The van der Waals surface area contributed by atoms with E-state index in [-0.39, 0.29) is 0 Å². The lowest BCUT2D eigenvalue weighted by Crippen LogP contribution is -1.57. The van der Waals surface area contributed by atoms with Crippen LogP contribution in [0.2, 0.25) is 0 Å². The molecule has 0 atom stereocenters. The summed E-state index contributed by atoms with van der Waals surface area (Å²) in [6, 6.07) is 10.2. The minimum Gasteiger partial charge on any atom is -0.188 e. The molecular formula is C7H4N2. The standard InChI is InChI=1S/C7H4N2/c1-2-7-4-3-6(1)8-5-9-7/h1-4H. The van der Waals surface area contributed by atoms with Crippen molar-refractivity contribution in [2.45, 2.75) is 0 Å². The maximum atomic E-state index is 3.89. The lowest BCUT2D eigenvalue weighted by atomic mass is 10.3. The second kappa shape index (κ2) is 1.54. The highest BCUT2D eigenvalue weighted by atomic mass is 14.8. The topological polar surface area (TPSA) is 24.7 Å². The third-order valence-corrected chi connectivity index (χ3v) is 1.21. The summed E-state index contributed by atoms with van der Waals surface area (Å²) in [5.41, 5.74) is 1.83. The zero-order chi connectivity index (χ0) is 6.10. The summed E-state index contributed by atoms with van der Waals surface area (Å²) in [5, 5.41) is 0. The quantitative estimate of drug-likeness (QED) is 0.503. The zero-order valence-electron chi connectivity index (χ0n) is 4.70. The van der Waals surface area contributed by atoms with Gasteiger partial charge in [-0.3, -0.25) is 0 Å². The highest BCUT2D eigenvalue weighted by Crippen LogP contribution is 2.19. The summed E-state index contributed by atoms with van der Waals surface area (Å²) in [7, 11) is 0. The van der Waals surface area contributed by atoms with E-state index in [1.165, 1.54) is 0 Å². The minimum atomic E-state index is 0.917. The van der Waals surface area contributed by atoms with Crippen molar-refractivity contribution in [3.8, 4) is 0 Å². The van der Waals surface area contributed by atoms with Gasteiger partial charge >= 0.3 is 0 Å². The predicted molar refractivity (Wildman–Crippen MR) is 35.6 cm³/mol. The molecule has 2 bridgehead atoms. The molecule has 1 aromatic rings. The molecule has 2 aliphatic rings. The molecule has 0 saturated carbocycles. The molecule has 0 saturated heterocycles. The van der Waals surface area contributed by atoms with Crippen molar-refractivity contribution in [2.24, 2.45) is 9.98 Å². The first-order valence-corrected chi connectivity index (χ1v) is 2.72. The van der Waals surface area contributed by atoms with E-state index >= 15 is 0 Å². The summed E-state index contributed by atoms with van der Waals surface area (Å²) in [6.07, 6.45) is 0. The molecule has 1 aromatic carbocycles. The molecule has 2 heterocycles. The monoisotopic (exact) mass is 116 g/mol. The Morgan fingerprint density at radius 2 is 1.33 bits per heavy atom. The lowest BCUT2D eigenvalue weighted by Gasteiger charge is -1.85. The summed E-state index contributed by atoms with van der Waals surface area (Å²) in [6.45, 7) is 0. The second-order valence-electron chi connectivity index (χ2n) is 1.84. The zero-order valence-corrected chi connectivity index (χ0v) is 4.70. The van der Waals surface area contributed by atoms with Crippen LogP contribution in [0.3, 0.4) is 0 Å². The Morgan fingerprint density at radius 3 is 1.78 bits per heavy atom. The SMILES string of the molecule is C1=Nc2ccc(cc2)N=1. The summed E-state index contributed by atoms with van der Waals surface area (Å²) < 4.78 is 0. The van der Waals surface area contributed by atoms with Gasteiger partial charge in [-0.25, -0.2) is 0 Å². The van der Waals surface area contributed by atoms with Crippen LogP contribution in [-0.2, 0) is 0 Å². The first kappa shape index (κ1) is 4.48. The Bertz CT molecular complexity index is 251. The highest BCUT2D eigenvalue weighted by molar-refractivity contribution is 5.63. The van der Waals surface area contributed by atoms with Gasteiger partial charge in [0.2, 0.25) is 0 Å². The van der Waals surface area contributed by atoms with Crippen molar-refractivity contribution >= 4 is 17.4 Å². The third-order valence-electron chi connectivity index (χ3n) is 1.21. The molecule has 0 amide bonds. The smallest absolute Gasteiger partial charge is 0.100 e. The summed E-state index contributed by atoms with van der Waals surface area (Å²) in [5.74, 6) is 0. The molecule has 2 nitrogen and oxygen atoms in total. The van der Waals surface area contributed by atoms with E-state index in [4.69, 9.17) is 0 Å². The van der Waals surface area contributed by atoms with Crippen molar-refractivity contribution in [3.63, 3.8) is 0 Å². The Labute approximate surface area is 52.6 Å². The minimum absolute atomic E-state index is 0.917. The number of fused-ring (bicyclic) bond motifs is 2. The van der Waals surface area contributed by atoms with E-state index in [0.717, 1.165) is 11.4 Å². The van der Waals surface area contributed by atoms with Gasteiger partial charge in [0, 0.05) is 0 Å². The Morgan fingerprint density at radius 1 is 0.889 bits per heavy atom. The van der Waals surface area contributed by atoms with Crippen LogP contribution >= 0.6 is 0 Å². The van der Waals surface area contributed by atoms with Gasteiger partial charge in [0.25, 0.3) is 0 Å². The molecule has 0 aliphatic carbocycles. The van der Waals surface area contributed by atoms with Crippen LogP contribution in [0.25, 0.3) is 0 Å². The second-order valence-corrected chi connectivity index (χ2v) is 1.84. The Balaban J connectivity index is 2.84. The van der Waals surface area contributed by atoms with Crippen LogP contribution in [0.1, 0.15) is 0 Å². The molecule has 2 aliphatic heterocycles. The predicted octanol–water partition coefficient (Wildman–Crippen LogP) is 2.14. The van der Waals surface area contributed by atoms with Crippen LogP contribution in [0, 0.1) is 0 Å². The van der Waals surface area contributed by atoms with Gasteiger partial charge in [-0.15, -0.1) is 0 Å². The Kier molecular flexibility index (Phi) is 0.765. The first-order chi connectivity index (χ1) is 4.45. The summed E-state index contributed by atoms with van der Waals surface area (Å²) in [4.78, 5) is 7.78. The average Bonchev–Trinajstić information content (AvgIpc) is 2.21. The fourth-order valence-electron chi connectivity index (χ4n) is 0.742. The van der Waals surface area contributed by atoms with Gasteiger partial charge in [0.15, 0.2) is 0 Å². The van der Waals surface area contributed by atoms with Crippen LogP contribution in [0.5, 0.6) is 0 Å². The van der Waals surface area contributed by atoms with Crippen LogP contribution in [0.15, 0.2) is 34.3 Å². The van der Waals surface area contributed by atoms with E-state index in [0.29, 0.717) is 0 Å². The van der Waals surface area contributed by atoms with Crippen LogP contribution < -0.4 is 0 Å². The summed E-state index contributed by atoms with van der Waals surface area (Å²) >= 11 is 0. The van der Waals surface area contributed by atoms with Gasteiger partial charge in [0.05, 0.1) is 11.4 Å². The van der Waals surface area contributed by atoms with Gasteiger partial charge in [0.1, 0.15) is 6.01 Å². The first-order valence-electron chi connectivity index (χ1n) is 2.72. The largest absolute Gasteiger partial charge is 0.188 e. The molecule has 0 radical (unpaired) electrons. The van der Waals surface area contributed by atoms with Gasteiger partial charge in [-0.05, 0) is 24.3 Å². The fourth-order valence-corrected chi connectivity index (χ4v) is 0.742. The molecule has 2 heteroatoms. The van der Waals surface area contributed by atoms with Crippen molar-refractivity contribution in [2.75, 3.05) is 0 Å². The number of aliphatic imine (C=N–C) groups is 2. The number of benzene rings is 1. The molecule has 0 spiro atoms. The Hall–Kier alpha value is -1.40. The van der Waals surface area contributed by atoms with Crippen LogP contribution in [-0.4, -0.2) is 6.01 Å². The van der Waals surface area contributed by atoms with Gasteiger partial charge in [-0.2, -0.15) is 9.98 Å². The van der Waals surface area contributed by atoms with E-state index in [1.54, 1.807) is 0 Å². The van der Waals surface area contributed by atoms with E-state index < -0.39 is 0 Å². The van der Waals surface area contributed by atoms with E-state index in [1.807, 2.05) is 24.3 Å². The molecule has 9 heavy (non-hydrogen) atoms. The lowest BCUT2D eigenvalue weighted by molar-refractivity contribution is 1.56. The molecule has 0 N–H and O–H groups in total. The number of hydrogen-bond acceptors (Lipinski definition) is 2. The molecular weight excluding hydrogens is 112 g/mol. The van der Waals surface area contributed by atoms with Crippen molar-refractivity contribution in [1.29, 1.82) is 0 Å². The molecule has 0 unspecified atom stereocenters. The number of hydrogen-bond donors (Lipinski definition) is 0. The van der Waals surface area contributed by atoms with Crippen molar-refractivity contribution in [3.05, 3.63) is 24.3 Å². The third kappa shape index (κ3) is 0.655. The number of rotatable bonds is 0. The molecule has 0 aromatic heterocycles. The maximum absolute atomic E-state index is 3.89. The van der Waals surface area contributed by atoms with Gasteiger partial charge in [-0.1, -0.05) is 0 Å². The van der Waals surface area contributed by atoms with E-state index in [9.17, 15) is 0 Å². The van der Waals surface area contributed by atoms with Crippen LogP contribution in [0.4, 0.5) is 11.4 Å². The van der Waals surface area contributed by atoms with Crippen molar-refractivity contribution in [1.82, 2.24) is 0 Å². The number of nitrogens with zero attached hydrogens (tertiary/aromatic N) is 2. The highest BCUT2D eigenvalue weighted by Gasteiger charge is 1.91. The molecule has 42 valence electrons. The molecule has 0 fully saturated rings. The van der Waals surface area contributed by atoms with Gasteiger partial charge < -0.3 is 0 Å². The van der Waals surface area contributed by atoms with E-state index in [2.05, 4.69) is 16.0 Å².